The summed E-state index contributed by atoms with van der Waals surface area (Å²) in [5.74, 6) is 0.0256. The van der Waals surface area contributed by atoms with Gasteiger partial charge in [0.05, 0.1) is 5.56 Å². The first-order chi connectivity index (χ1) is 12.0. The van der Waals surface area contributed by atoms with Crippen LogP contribution in [0.15, 0.2) is 18.3 Å². The van der Waals surface area contributed by atoms with Crippen molar-refractivity contribution in [2.24, 2.45) is 0 Å². The van der Waals surface area contributed by atoms with E-state index >= 15 is 0 Å². The Balaban J connectivity index is 1.50. The second-order valence-corrected chi connectivity index (χ2v) is 6.01. The monoisotopic (exact) mass is 342 g/mol. The number of fused-ring (bicyclic) bond motifs is 1. The zero-order chi connectivity index (χ0) is 18.0. The van der Waals surface area contributed by atoms with Gasteiger partial charge in [0.15, 0.2) is 0 Å². The van der Waals surface area contributed by atoms with E-state index in [2.05, 4.69) is 25.5 Å². The first-order valence-corrected chi connectivity index (χ1v) is 8.00. The zero-order valence-corrected chi connectivity index (χ0v) is 13.9. The van der Waals surface area contributed by atoms with Gasteiger partial charge in [-0.3, -0.25) is 34.7 Å². The molecule has 9 nitrogen and oxygen atoms in total. The third kappa shape index (κ3) is 3.39. The second kappa shape index (κ2) is 6.80. The maximum absolute atomic E-state index is 12.2. The summed E-state index contributed by atoms with van der Waals surface area (Å²) in [5.41, 5.74) is 0.470. The summed E-state index contributed by atoms with van der Waals surface area (Å²) in [6, 6.07) is 3.19. The van der Waals surface area contributed by atoms with E-state index in [1.807, 2.05) is 13.8 Å². The quantitative estimate of drug-likeness (QED) is 0.764. The van der Waals surface area contributed by atoms with Crippen molar-refractivity contribution < 1.29 is 14.4 Å². The maximum atomic E-state index is 12.2. The van der Waals surface area contributed by atoms with Gasteiger partial charge in [-0.25, -0.2) is 0 Å². The Morgan fingerprint density at radius 3 is 2.80 bits per heavy atom. The van der Waals surface area contributed by atoms with E-state index in [1.165, 1.54) is 6.20 Å². The Bertz CT molecular complexity index is 794. The molecule has 0 radical (unpaired) electrons. The number of nitrogens with zero attached hydrogens (tertiary/aromatic N) is 4. The molecule has 0 bridgehead atoms. The topological polar surface area (TPSA) is 121 Å². The first kappa shape index (κ1) is 16.7. The van der Waals surface area contributed by atoms with E-state index in [1.54, 1.807) is 12.1 Å². The predicted octanol–water partition coefficient (Wildman–Crippen LogP) is 1.34. The molecule has 1 aliphatic heterocycles. The molecule has 2 N–H and O–H groups in total. The van der Waals surface area contributed by atoms with Gasteiger partial charge in [-0.05, 0) is 18.6 Å². The minimum Gasteiger partial charge on any atom is -0.293 e. The van der Waals surface area contributed by atoms with E-state index in [0.29, 0.717) is 17.8 Å². The number of aromatic amines is 1. The van der Waals surface area contributed by atoms with Crippen molar-refractivity contribution >= 4 is 23.7 Å². The highest BCUT2D eigenvalue weighted by Gasteiger charge is 2.36. The van der Waals surface area contributed by atoms with Gasteiger partial charge in [-0.1, -0.05) is 13.8 Å². The van der Waals surface area contributed by atoms with Gasteiger partial charge in [-0.15, -0.1) is 5.10 Å². The molecule has 0 spiro atoms. The lowest BCUT2D eigenvalue weighted by atomic mass is 10.2. The Labute approximate surface area is 143 Å². The molecule has 0 aliphatic carbocycles. The number of imide groups is 1. The van der Waals surface area contributed by atoms with Crippen LogP contribution in [0.1, 0.15) is 59.3 Å². The van der Waals surface area contributed by atoms with Crippen LogP contribution in [0, 0.1) is 0 Å². The molecule has 0 atom stereocenters. The average molecular weight is 342 g/mol. The van der Waals surface area contributed by atoms with Gasteiger partial charge in [0.25, 0.3) is 11.8 Å². The van der Waals surface area contributed by atoms with E-state index in [4.69, 9.17) is 0 Å². The van der Waals surface area contributed by atoms with E-state index in [9.17, 15) is 14.4 Å². The summed E-state index contributed by atoms with van der Waals surface area (Å²) >= 11 is 0. The fraction of sp³-hybridized carbons (Fsp3) is 0.375. The SMILES string of the molecule is CC(C)c1nc(NC(=O)CCCN2C(=O)c3cccnc3C2=O)n[nH]1. The van der Waals surface area contributed by atoms with Crippen LogP contribution in [0.25, 0.3) is 0 Å². The maximum Gasteiger partial charge on any atom is 0.280 e. The van der Waals surface area contributed by atoms with Crippen LogP contribution in [0.4, 0.5) is 5.95 Å². The second-order valence-electron chi connectivity index (χ2n) is 6.01. The average Bonchev–Trinajstić information content (AvgIpc) is 3.14. The number of nitrogens with one attached hydrogen (secondary N) is 2. The summed E-state index contributed by atoms with van der Waals surface area (Å²) in [4.78, 5) is 45.5. The van der Waals surface area contributed by atoms with Gasteiger partial charge in [0.2, 0.25) is 11.9 Å². The third-order valence-corrected chi connectivity index (χ3v) is 3.82. The molecular formula is C16H18N6O3. The Morgan fingerprint density at radius 1 is 1.32 bits per heavy atom. The van der Waals surface area contributed by atoms with Gasteiger partial charge in [-0.2, -0.15) is 4.98 Å². The van der Waals surface area contributed by atoms with Crippen molar-refractivity contribution in [2.45, 2.75) is 32.6 Å². The van der Waals surface area contributed by atoms with Crippen molar-refractivity contribution in [1.82, 2.24) is 25.1 Å². The Hall–Kier alpha value is -3.10. The first-order valence-electron chi connectivity index (χ1n) is 8.00. The van der Waals surface area contributed by atoms with Crippen LogP contribution in [0.3, 0.4) is 0 Å². The van der Waals surface area contributed by atoms with Gasteiger partial charge in [0.1, 0.15) is 11.5 Å². The molecule has 0 saturated heterocycles. The molecule has 3 amide bonds. The Morgan fingerprint density at radius 2 is 2.12 bits per heavy atom. The zero-order valence-electron chi connectivity index (χ0n) is 13.9. The fourth-order valence-electron chi connectivity index (χ4n) is 2.49. The third-order valence-electron chi connectivity index (χ3n) is 3.82. The summed E-state index contributed by atoms with van der Waals surface area (Å²) in [6.07, 6.45) is 1.97. The molecular weight excluding hydrogens is 324 g/mol. The number of hydrogen-bond acceptors (Lipinski definition) is 6. The van der Waals surface area contributed by atoms with Gasteiger partial charge < -0.3 is 0 Å². The molecule has 2 aromatic heterocycles. The molecule has 3 heterocycles. The highest BCUT2D eigenvalue weighted by Crippen LogP contribution is 2.20. The minimum atomic E-state index is -0.420. The van der Waals surface area contributed by atoms with Crippen molar-refractivity contribution in [1.29, 1.82) is 0 Å². The van der Waals surface area contributed by atoms with Crippen LogP contribution < -0.4 is 5.32 Å². The Kier molecular flexibility index (Phi) is 4.55. The normalized spacial score (nSPS) is 13.5. The highest BCUT2D eigenvalue weighted by molar-refractivity contribution is 6.20. The molecule has 1 aliphatic rings. The van der Waals surface area contributed by atoms with Gasteiger partial charge in [0, 0.05) is 25.1 Å². The number of H-pyrrole nitrogens is 1. The molecule has 130 valence electrons. The molecule has 2 aromatic rings. The van der Waals surface area contributed by atoms with Gasteiger partial charge >= 0.3 is 0 Å². The molecule has 3 rings (SSSR count). The number of anilines is 1. The van der Waals surface area contributed by atoms with Crippen molar-refractivity contribution in [2.75, 3.05) is 11.9 Å². The van der Waals surface area contributed by atoms with E-state index in [-0.39, 0.29) is 42.3 Å². The van der Waals surface area contributed by atoms with Crippen LogP contribution in [0.2, 0.25) is 0 Å². The molecule has 9 heteroatoms. The van der Waals surface area contributed by atoms with E-state index in [0.717, 1.165) is 4.90 Å². The van der Waals surface area contributed by atoms with Crippen LogP contribution in [-0.2, 0) is 4.79 Å². The minimum absolute atomic E-state index is 0.145. The van der Waals surface area contributed by atoms with Crippen LogP contribution in [0.5, 0.6) is 0 Å². The molecule has 0 fully saturated rings. The lowest BCUT2D eigenvalue weighted by molar-refractivity contribution is -0.116. The lowest BCUT2D eigenvalue weighted by Gasteiger charge is -2.12. The number of rotatable bonds is 6. The molecule has 0 unspecified atom stereocenters. The van der Waals surface area contributed by atoms with Crippen LogP contribution >= 0.6 is 0 Å². The number of amides is 3. The summed E-state index contributed by atoms with van der Waals surface area (Å²) in [7, 11) is 0. The standard InChI is InChI=1S/C16H18N6O3/c1-9(2)13-19-16(21-20-13)18-11(23)6-4-8-22-14(24)10-5-3-7-17-12(10)15(22)25/h3,5,7,9H,4,6,8H2,1-2H3,(H2,18,19,20,21,23). The number of hydrogen-bond donors (Lipinski definition) is 2. The molecule has 0 saturated carbocycles. The highest BCUT2D eigenvalue weighted by atomic mass is 16.2. The fourth-order valence-corrected chi connectivity index (χ4v) is 2.49. The lowest BCUT2D eigenvalue weighted by Crippen LogP contribution is -2.31. The molecule has 25 heavy (non-hydrogen) atoms. The summed E-state index contributed by atoms with van der Waals surface area (Å²) in [6.45, 7) is 4.08. The summed E-state index contributed by atoms with van der Waals surface area (Å²) in [5, 5.41) is 9.26. The van der Waals surface area contributed by atoms with Crippen molar-refractivity contribution in [3.8, 4) is 0 Å². The number of carbonyl (C=O) groups is 3. The largest absolute Gasteiger partial charge is 0.293 e. The number of carbonyl (C=O) groups excluding carboxylic acids is 3. The van der Waals surface area contributed by atoms with Crippen molar-refractivity contribution in [3.63, 3.8) is 0 Å². The van der Waals surface area contributed by atoms with E-state index < -0.39 is 5.91 Å². The summed E-state index contributed by atoms with van der Waals surface area (Å²) < 4.78 is 0. The smallest absolute Gasteiger partial charge is 0.280 e. The number of pyridine rings is 1. The number of aromatic nitrogens is 4. The van der Waals surface area contributed by atoms with Crippen molar-refractivity contribution in [3.05, 3.63) is 35.4 Å². The molecule has 0 aromatic carbocycles. The predicted molar refractivity (Wildman–Crippen MR) is 87.9 cm³/mol. The van der Waals surface area contributed by atoms with Crippen LogP contribution in [-0.4, -0.2) is 49.3 Å².